The zero-order valence-electron chi connectivity index (χ0n) is 9.68. The Balaban J connectivity index is 2.39. The number of benzene rings is 2. The van der Waals surface area contributed by atoms with Crippen molar-refractivity contribution in [1.82, 2.24) is 0 Å². The molecule has 0 aromatic heterocycles. The topological polar surface area (TPSA) is 37.3 Å². The summed E-state index contributed by atoms with van der Waals surface area (Å²) in [6, 6.07) is 13.1. The molecule has 0 atom stereocenters. The van der Waals surface area contributed by atoms with Crippen LogP contribution in [0.3, 0.4) is 0 Å². The molecule has 0 aliphatic heterocycles. The summed E-state index contributed by atoms with van der Waals surface area (Å²) >= 11 is 0. The molecule has 2 aromatic carbocycles. The highest BCUT2D eigenvalue weighted by Crippen LogP contribution is 2.25. The number of aromatic hydroxyl groups is 1. The Morgan fingerprint density at radius 3 is 2.41 bits per heavy atom. The minimum atomic E-state index is 0.268. The molecule has 0 aliphatic rings. The Morgan fingerprint density at radius 2 is 1.82 bits per heavy atom. The lowest BCUT2D eigenvalue weighted by atomic mass is 9.98. The first kappa shape index (κ1) is 11.4. The summed E-state index contributed by atoms with van der Waals surface area (Å²) in [7, 11) is 0. The lowest BCUT2D eigenvalue weighted by Gasteiger charge is -2.07. The quantitative estimate of drug-likeness (QED) is 0.816. The minimum absolute atomic E-state index is 0.268. The summed E-state index contributed by atoms with van der Waals surface area (Å²) in [5.41, 5.74) is 4.35. The molecule has 2 aromatic rings. The van der Waals surface area contributed by atoms with Crippen LogP contribution in [-0.2, 0) is 11.2 Å². The van der Waals surface area contributed by atoms with Crippen molar-refractivity contribution in [1.29, 1.82) is 0 Å². The highest BCUT2D eigenvalue weighted by Gasteiger charge is 2.03. The predicted molar refractivity (Wildman–Crippen MR) is 68.0 cm³/mol. The van der Waals surface area contributed by atoms with Crippen LogP contribution in [0.5, 0.6) is 5.75 Å². The standard InChI is InChI=1S/C15H14O2/c1-11-10-12(8-9-16)2-7-15(11)13-3-5-14(17)6-4-13/h2-7,9-10,17H,8H2,1H3. The largest absolute Gasteiger partial charge is 0.508 e. The second-order valence-electron chi connectivity index (χ2n) is 4.07. The van der Waals surface area contributed by atoms with Crippen molar-refractivity contribution >= 4 is 6.29 Å². The van der Waals surface area contributed by atoms with Crippen LogP contribution >= 0.6 is 0 Å². The maximum atomic E-state index is 10.5. The van der Waals surface area contributed by atoms with E-state index in [-0.39, 0.29) is 5.75 Å². The maximum Gasteiger partial charge on any atom is 0.124 e. The molecular weight excluding hydrogens is 212 g/mol. The molecule has 1 N–H and O–H groups in total. The smallest absolute Gasteiger partial charge is 0.124 e. The normalized spacial score (nSPS) is 10.2. The van der Waals surface area contributed by atoms with Crippen LogP contribution < -0.4 is 0 Å². The first-order valence-corrected chi connectivity index (χ1v) is 5.53. The summed E-state index contributed by atoms with van der Waals surface area (Å²) in [4.78, 5) is 10.5. The molecule has 0 spiro atoms. The molecule has 2 nitrogen and oxygen atoms in total. The summed E-state index contributed by atoms with van der Waals surface area (Å²) in [6.07, 6.45) is 1.37. The van der Waals surface area contributed by atoms with Gasteiger partial charge in [0.25, 0.3) is 0 Å². The molecule has 17 heavy (non-hydrogen) atoms. The summed E-state index contributed by atoms with van der Waals surface area (Å²) in [6.45, 7) is 2.02. The first-order valence-electron chi connectivity index (χ1n) is 5.53. The average Bonchev–Trinajstić information content (AvgIpc) is 2.31. The fourth-order valence-electron chi connectivity index (χ4n) is 1.91. The maximum absolute atomic E-state index is 10.5. The van der Waals surface area contributed by atoms with Crippen LogP contribution in [0.4, 0.5) is 0 Å². The lowest BCUT2D eigenvalue weighted by Crippen LogP contribution is -1.89. The van der Waals surface area contributed by atoms with Gasteiger partial charge in [0.05, 0.1) is 0 Å². The van der Waals surface area contributed by atoms with Gasteiger partial charge in [0, 0.05) is 6.42 Å². The van der Waals surface area contributed by atoms with Gasteiger partial charge < -0.3 is 9.90 Å². The van der Waals surface area contributed by atoms with Crippen LogP contribution in [0.15, 0.2) is 42.5 Å². The molecule has 0 unspecified atom stereocenters. The number of hydrogen-bond acceptors (Lipinski definition) is 2. The molecule has 0 radical (unpaired) electrons. The van der Waals surface area contributed by atoms with Crippen molar-refractivity contribution in [3.05, 3.63) is 53.6 Å². The van der Waals surface area contributed by atoms with Crippen molar-refractivity contribution < 1.29 is 9.90 Å². The van der Waals surface area contributed by atoms with E-state index in [4.69, 9.17) is 0 Å². The van der Waals surface area contributed by atoms with E-state index in [1.54, 1.807) is 12.1 Å². The number of phenolic OH excluding ortho intramolecular Hbond substituents is 1. The lowest BCUT2D eigenvalue weighted by molar-refractivity contribution is -0.107. The van der Waals surface area contributed by atoms with E-state index in [2.05, 4.69) is 0 Å². The van der Waals surface area contributed by atoms with Gasteiger partial charge in [0.15, 0.2) is 0 Å². The van der Waals surface area contributed by atoms with Gasteiger partial charge in [-0.3, -0.25) is 0 Å². The molecule has 0 bridgehead atoms. The number of carbonyl (C=O) groups excluding carboxylic acids is 1. The number of aldehydes is 1. The Hall–Kier alpha value is -2.09. The minimum Gasteiger partial charge on any atom is -0.508 e. The van der Waals surface area contributed by atoms with E-state index in [1.807, 2.05) is 37.3 Å². The van der Waals surface area contributed by atoms with Crippen molar-refractivity contribution in [3.8, 4) is 16.9 Å². The molecule has 0 heterocycles. The van der Waals surface area contributed by atoms with Gasteiger partial charge in [-0.15, -0.1) is 0 Å². The van der Waals surface area contributed by atoms with Crippen molar-refractivity contribution in [3.63, 3.8) is 0 Å². The Kier molecular flexibility index (Phi) is 3.24. The van der Waals surface area contributed by atoms with Gasteiger partial charge in [-0.05, 0) is 41.3 Å². The molecule has 2 rings (SSSR count). The summed E-state index contributed by atoms with van der Waals surface area (Å²) in [5, 5.41) is 9.25. The van der Waals surface area contributed by atoms with Crippen LogP contribution in [0.25, 0.3) is 11.1 Å². The number of carbonyl (C=O) groups is 1. The summed E-state index contributed by atoms with van der Waals surface area (Å²) in [5.74, 6) is 0.268. The zero-order chi connectivity index (χ0) is 12.3. The SMILES string of the molecule is Cc1cc(CC=O)ccc1-c1ccc(O)cc1. The Morgan fingerprint density at radius 1 is 1.12 bits per heavy atom. The summed E-state index contributed by atoms with van der Waals surface area (Å²) < 4.78 is 0. The van der Waals surface area contributed by atoms with Crippen LogP contribution in [-0.4, -0.2) is 11.4 Å². The highest BCUT2D eigenvalue weighted by molar-refractivity contribution is 5.69. The zero-order valence-corrected chi connectivity index (χ0v) is 9.68. The van der Waals surface area contributed by atoms with Gasteiger partial charge in [0.1, 0.15) is 12.0 Å². The third-order valence-corrected chi connectivity index (χ3v) is 2.79. The first-order chi connectivity index (χ1) is 8.20. The van der Waals surface area contributed by atoms with Crippen LogP contribution in [0.1, 0.15) is 11.1 Å². The Labute approximate surface area is 101 Å². The molecule has 0 fully saturated rings. The van der Waals surface area contributed by atoms with Gasteiger partial charge in [-0.2, -0.15) is 0 Å². The van der Waals surface area contributed by atoms with Gasteiger partial charge >= 0.3 is 0 Å². The molecule has 2 heteroatoms. The van der Waals surface area contributed by atoms with E-state index in [1.165, 1.54) is 0 Å². The van der Waals surface area contributed by atoms with Gasteiger partial charge in [0.2, 0.25) is 0 Å². The molecule has 0 aliphatic carbocycles. The molecule has 86 valence electrons. The molecular formula is C15H14O2. The van der Waals surface area contributed by atoms with E-state index in [0.717, 1.165) is 28.5 Å². The van der Waals surface area contributed by atoms with Crippen LogP contribution in [0, 0.1) is 6.92 Å². The third-order valence-electron chi connectivity index (χ3n) is 2.79. The van der Waals surface area contributed by atoms with Gasteiger partial charge in [-0.1, -0.05) is 30.3 Å². The van der Waals surface area contributed by atoms with Gasteiger partial charge in [-0.25, -0.2) is 0 Å². The molecule has 0 saturated heterocycles. The second kappa shape index (κ2) is 4.83. The highest BCUT2D eigenvalue weighted by atomic mass is 16.3. The van der Waals surface area contributed by atoms with E-state index in [0.29, 0.717) is 6.42 Å². The second-order valence-corrected chi connectivity index (χ2v) is 4.07. The number of hydrogen-bond donors (Lipinski definition) is 1. The van der Waals surface area contributed by atoms with E-state index >= 15 is 0 Å². The fraction of sp³-hybridized carbons (Fsp3) is 0.133. The fourth-order valence-corrected chi connectivity index (χ4v) is 1.91. The van der Waals surface area contributed by atoms with Crippen LogP contribution in [0.2, 0.25) is 0 Å². The average molecular weight is 226 g/mol. The number of phenols is 1. The predicted octanol–water partition coefficient (Wildman–Crippen LogP) is 3.11. The van der Waals surface area contributed by atoms with E-state index < -0.39 is 0 Å². The molecule has 0 amide bonds. The third kappa shape index (κ3) is 2.53. The van der Waals surface area contributed by atoms with Crippen molar-refractivity contribution in [2.45, 2.75) is 13.3 Å². The monoisotopic (exact) mass is 226 g/mol. The number of rotatable bonds is 3. The Bertz CT molecular complexity index is 527. The van der Waals surface area contributed by atoms with E-state index in [9.17, 15) is 9.90 Å². The molecule has 0 saturated carbocycles. The number of aryl methyl sites for hydroxylation is 1. The van der Waals surface area contributed by atoms with Crippen molar-refractivity contribution in [2.24, 2.45) is 0 Å². The van der Waals surface area contributed by atoms with Crippen molar-refractivity contribution in [2.75, 3.05) is 0 Å².